The van der Waals surface area contributed by atoms with Crippen molar-refractivity contribution in [2.45, 2.75) is 90.6 Å². The Hall–Kier alpha value is -1.42. The number of hydrogen-bond donors (Lipinski definition) is 1. The fourth-order valence-corrected chi connectivity index (χ4v) is 4.75. The predicted octanol–water partition coefficient (Wildman–Crippen LogP) is 5.11. The van der Waals surface area contributed by atoms with Gasteiger partial charge in [-0.1, -0.05) is 52.5 Å². The summed E-state index contributed by atoms with van der Waals surface area (Å²) in [5.41, 5.74) is 0.602. The molecular weight excluding hydrogens is 346 g/mol. The van der Waals surface area contributed by atoms with Gasteiger partial charge in [-0.15, -0.1) is 0 Å². The maximum atomic E-state index is 12.7. The number of amides is 1. The van der Waals surface area contributed by atoms with E-state index in [4.69, 9.17) is 0 Å². The van der Waals surface area contributed by atoms with Crippen molar-refractivity contribution >= 4 is 5.91 Å². The first-order valence-corrected chi connectivity index (χ1v) is 11.4. The van der Waals surface area contributed by atoms with Crippen molar-refractivity contribution in [3.05, 3.63) is 30.1 Å². The number of pyridine rings is 1. The molecule has 1 amide bonds. The van der Waals surface area contributed by atoms with Gasteiger partial charge in [-0.2, -0.15) is 0 Å². The van der Waals surface area contributed by atoms with Gasteiger partial charge in [0.05, 0.1) is 11.7 Å². The van der Waals surface area contributed by atoms with E-state index in [9.17, 15) is 4.79 Å². The molecule has 2 heterocycles. The monoisotopic (exact) mass is 385 g/mol. The van der Waals surface area contributed by atoms with Crippen LogP contribution >= 0.6 is 0 Å². The fraction of sp³-hybridized carbons (Fsp3) is 0.750. The van der Waals surface area contributed by atoms with Gasteiger partial charge >= 0.3 is 0 Å². The van der Waals surface area contributed by atoms with Crippen LogP contribution in [0.5, 0.6) is 0 Å². The molecule has 1 aromatic heterocycles. The third kappa shape index (κ3) is 6.04. The molecule has 0 bridgehead atoms. The van der Waals surface area contributed by atoms with Gasteiger partial charge in [0.1, 0.15) is 0 Å². The highest BCUT2D eigenvalue weighted by molar-refractivity contribution is 5.81. The molecular formula is C24H39N3O. The first-order valence-electron chi connectivity index (χ1n) is 11.4. The third-order valence-electron chi connectivity index (χ3n) is 6.51. The van der Waals surface area contributed by atoms with Gasteiger partial charge in [-0.25, -0.2) is 0 Å². The zero-order valence-corrected chi connectivity index (χ0v) is 18.1. The molecule has 4 nitrogen and oxygen atoms in total. The molecule has 1 aliphatic carbocycles. The molecule has 0 radical (unpaired) electrons. The molecule has 1 saturated carbocycles. The molecule has 0 spiro atoms. The van der Waals surface area contributed by atoms with Gasteiger partial charge in [0.15, 0.2) is 0 Å². The summed E-state index contributed by atoms with van der Waals surface area (Å²) in [6.45, 7) is 8.39. The lowest BCUT2D eigenvalue weighted by Crippen LogP contribution is -2.46. The number of carbonyl (C=O) groups excluding carboxylic acids is 1. The zero-order valence-electron chi connectivity index (χ0n) is 18.1. The molecule has 0 aromatic carbocycles. The van der Waals surface area contributed by atoms with E-state index < -0.39 is 0 Å². The molecule has 4 heteroatoms. The minimum absolute atomic E-state index is 0.00937. The third-order valence-corrected chi connectivity index (χ3v) is 6.51. The van der Waals surface area contributed by atoms with Crippen LogP contribution < -0.4 is 5.32 Å². The van der Waals surface area contributed by atoms with Crippen LogP contribution in [0.3, 0.4) is 0 Å². The summed E-state index contributed by atoms with van der Waals surface area (Å²) in [5, 5.41) is 3.32. The Kier molecular flexibility index (Phi) is 7.50. The molecule has 1 aliphatic heterocycles. The Balaban J connectivity index is 1.70. The summed E-state index contributed by atoms with van der Waals surface area (Å²) in [5.74, 6) is 0.976. The van der Waals surface area contributed by atoms with Crippen molar-refractivity contribution in [1.82, 2.24) is 15.2 Å². The number of nitrogens with zero attached hydrogens (tertiary/aromatic N) is 2. The molecule has 0 unspecified atom stereocenters. The van der Waals surface area contributed by atoms with Crippen LogP contribution in [-0.2, 0) is 4.79 Å². The highest BCUT2D eigenvalue weighted by Gasteiger charge is 2.31. The minimum Gasteiger partial charge on any atom is -0.347 e. The van der Waals surface area contributed by atoms with Crippen LogP contribution in [0.15, 0.2) is 24.4 Å². The maximum Gasteiger partial charge on any atom is 0.225 e. The molecule has 2 fully saturated rings. The largest absolute Gasteiger partial charge is 0.347 e. The van der Waals surface area contributed by atoms with Gasteiger partial charge in [0, 0.05) is 24.2 Å². The topological polar surface area (TPSA) is 45.2 Å². The summed E-state index contributed by atoms with van der Waals surface area (Å²) >= 11 is 0. The molecule has 28 heavy (non-hydrogen) atoms. The minimum atomic E-state index is -0.388. The second-order valence-electron chi connectivity index (χ2n) is 9.91. The number of piperidine rings is 1. The number of hydrogen-bond acceptors (Lipinski definition) is 3. The van der Waals surface area contributed by atoms with Gasteiger partial charge < -0.3 is 10.2 Å². The van der Waals surface area contributed by atoms with E-state index in [1.807, 2.05) is 39.1 Å². The average molecular weight is 386 g/mol. The number of likely N-dealkylation sites (tertiary alicyclic amines) is 1. The lowest BCUT2D eigenvalue weighted by atomic mass is 9.86. The molecule has 2 atom stereocenters. The SMILES string of the molecule is CC(C)(C)C(=O)N[C@H](C[C@@H]1CCCCN1CC1CCCCC1)c1ccccn1. The van der Waals surface area contributed by atoms with E-state index in [1.165, 1.54) is 64.5 Å². The molecule has 156 valence electrons. The van der Waals surface area contributed by atoms with E-state index in [1.54, 1.807) is 0 Å². The first-order chi connectivity index (χ1) is 13.4. The van der Waals surface area contributed by atoms with Crippen LogP contribution in [-0.4, -0.2) is 34.9 Å². The van der Waals surface area contributed by atoms with Crippen LogP contribution in [0.25, 0.3) is 0 Å². The van der Waals surface area contributed by atoms with E-state index in [-0.39, 0.29) is 17.4 Å². The molecule has 3 rings (SSSR count). The molecule has 1 N–H and O–H groups in total. The Morgan fingerprint density at radius 3 is 2.57 bits per heavy atom. The van der Waals surface area contributed by atoms with Crippen molar-refractivity contribution in [3.8, 4) is 0 Å². The van der Waals surface area contributed by atoms with Crippen molar-refractivity contribution in [2.24, 2.45) is 11.3 Å². The number of carbonyl (C=O) groups is 1. The average Bonchev–Trinajstić information content (AvgIpc) is 2.69. The van der Waals surface area contributed by atoms with Crippen molar-refractivity contribution in [3.63, 3.8) is 0 Å². The van der Waals surface area contributed by atoms with Crippen molar-refractivity contribution < 1.29 is 4.79 Å². The standard InChI is InChI=1S/C24H39N3O/c1-24(2,3)23(28)26-22(21-14-7-9-15-25-21)17-20-13-8-10-16-27(20)18-19-11-5-4-6-12-19/h7,9,14-15,19-20,22H,4-6,8,10-13,16-18H2,1-3H3,(H,26,28)/t20-,22+/m0/s1. The molecule has 1 aromatic rings. The quantitative estimate of drug-likeness (QED) is 0.740. The van der Waals surface area contributed by atoms with Crippen LogP contribution in [0.2, 0.25) is 0 Å². The lowest BCUT2D eigenvalue weighted by Gasteiger charge is -2.40. The highest BCUT2D eigenvalue weighted by Crippen LogP contribution is 2.31. The van der Waals surface area contributed by atoms with Crippen molar-refractivity contribution in [1.29, 1.82) is 0 Å². The number of rotatable bonds is 6. The van der Waals surface area contributed by atoms with Gasteiger partial charge in [-0.3, -0.25) is 9.78 Å². The van der Waals surface area contributed by atoms with Crippen molar-refractivity contribution in [2.75, 3.05) is 13.1 Å². The van der Waals surface area contributed by atoms with Crippen LogP contribution in [0.4, 0.5) is 0 Å². The predicted molar refractivity (Wildman–Crippen MR) is 115 cm³/mol. The highest BCUT2D eigenvalue weighted by atomic mass is 16.2. The smallest absolute Gasteiger partial charge is 0.225 e. The van der Waals surface area contributed by atoms with Gasteiger partial charge in [0.25, 0.3) is 0 Å². The van der Waals surface area contributed by atoms with E-state index >= 15 is 0 Å². The number of nitrogens with one attached hydrogen (secondary N) is 1. The fourth-order valence-electron chi connectivity index (χ4n) is 4.75. The van der Waals surface area contributed by atoms with Gasteiger partial charge in [0.2, 0.25) is 5.91 Å². The Morgan fingerprint density at radius 1 is 1.14 bits per heavy atom. The van der Waals surface area contributed by atoms with E-state index in [0.29, 0.717) is 6.04 Å². The van der Waals surface area contributed by atoms with Gasteiger partial charge in [-0.05, 0) is 56.7 Å². The maximum absolute atomic E-state index is 12.7. The second-order valence-corrected chi connectivity index (χ2v) is 9.91. The Labute approximate surface area is 171 Å². The Bertz CT molecular complexity index is 604. The summed E-state index contributed by atoms with van der Waals surface area (Å²) in [6, 6.07) is 6.57. The van der Waals surface area contributed by atoms with E-state index in [2.05, 4.69) is 21.3 Å². The van der Waals surface area contributed by atoms with Crippen LogP contribution in [0, 0.1) is 11.3 Å². The normalized spacial score (nSPS) is 23.3. The van der Waals surface area contributed by atoms with E-state index in [0.717, 1.165) is 18.0 Å². The molecule has 2 aliphatic rings. The summed E-state index contributed by atoms with van der Waals surface area (Å²) in [7, 11) is 0. The second kappa shape index (κ2) is 9.87. The molecule has 1 saturated heterocycles. The summed E-state index contributed by atoms with van der Waals surface area (Å²) in [4.78, 5) is 20.1. The first kappa shape index (κ1) is 21.3. The summed E-state index contributed by atoms with van der Waals surface area (Å²) < 4.78 is 0. The van der Waals surface area contributed by atoms with Crippen LogP contribution in [0.1, 0.15) is 90.3 Å². The lowest BCUT2D eigenvalue weighted by molar-refractivity contribution is -0.129. The zero-order chi connectivity index (χ0) is 20.0. The number of aromatic nitrogens is 1. The summed E-state index contributed by atoms with van der Waals surface area (Å²) in [6.07, 6.45) is 13.7. The Morgan fingerprint density at radius 2 is 1.89 bits per heavy atom.